The summed E-state index contributed by atoms with van der Waals surface area (Å²) in [4.78, 5) is 0. The van der Waals surface area contributed by atoms with Crippen molar-refractivity contribution in [3.05, 3.63) is 82.4 Å². The Hall–Kier alpha value is -2.80. The molecule has 0 aliphatic carbocycles. The number of hydrogen-bond acceptors (Lipinski definition) is 0. The third kappa shape index (κ3) is 3.72. The first-order valence-electron chi connectivity index (χ1n) is 8.37. The number of fused-ring (bicyclic) bond motifs is 1. The average molecular weight is 356 g/mol. The summed E-state index contributed by atoms with van der Waals surface area (Å²) < 4.78 is 55.6. The maximum absolute atomic E-state index is 14.2. The van der Waals surface area contributed by atoms with E-state index in [-0.39, 0.29) is 23.4 Å². The third-order valence-electron chi connectivity index (χ3n) is 4.18. The van der Waals surface area contributed by atoms with E-state index >= 15 is 0 Å². The molecule has 0 aliphatic heterocycles. The van der Waals surface area contributed by atoms with Crippen LogP contribution in [0.4, 0.5) is 17.6 Å². The molecule has 0 atom stereocenters. The Morgan fingerprint density at radius 3 is 2.31 bits per heavy atom. The van der Waals surface area contributed by atoms with Gasteiger partial charge < -0.3 is 0 Å². The van der Waals surface area contributed by atoms with Crippen molar-refractivity contribution in [2.24, 2.45) is 0 Å². The molecule has 0 aromatic heterocycles. The molecule has 0 N–H and O–H groups in total. The molecule has 132 valence electrons. The van der Waals surface area contributed by atoms with Crippen molar-refractivity contribution in [2.45, 2.75) is 26.2 Å². The van der Waals surface area contributed by atoms with E-state index in [9.17, 15) is 17.6 Å². The second-order valence-electron chi connectivity index (χ2n) is 6.07. The van der Waals surface area contributed by atoms with Crippen LogP contribution in [0.2, 0.25) is 0 Å². The Labute approximate surface area is 149 Å². The van der Waals surface area contributed by atoms with Crippen LogP contribution in [0.5, 0.6) is 0 Å². The van der Waals surface area contributed by atoms with Gasteiger partial charge in [0.2, 0.25) is 0 Å². The van der Waals surface area contributed by atoms with Gasteiger partial charge in [-0.1, -0.05) is 37.3 Å². The zero-order chi connectivity index (χ0) is 18.7. The minimum absolute atomic E-state index is 0.153. The molecule has 0 saturated heterocycles. The maximum Gasteiger partial charge on any atom is 0.174 e. The lowest BCUT2D eigenvalue weighted by atomic mass is 10.0. The second-order valence-corrected chi connectivity index (χ2v) is 6.07. The van der Waals surface area contributed by atoms with Crippen LogP contribution in [0.3, 0.4) is 0 Å². The molecule has 0 radical (unpaired) electrons. The van der Waals surface area contributed by atoms with Crippen LogP contribution in [0.15, 0.2) is 42.5 Å². The van der Waals surface area contributed by atoms with E-state index < -0.39 is 17.5 Å². The van der Waals surface area contributed by atoms with Crippen molar-refractivity contribution >= 4 is 10.8 Å². The molecule has 0 heterocycles. The number of halogens is 4. The van der Waals surface area contributed by atoms with Crippen LogP contribution in [-0.4, -0.2) is 0 Å². The summed E-state index contributed by atoms with van der Waals surface area (Å²) in [6, 6.07) is 10.3. The fourth-order valence-corrected chi connectivity index (χ4v) is 2.74. The van der Waals surface area contributed by atoms with Crippen molar-refractivity contribution in [2.75, 3.05) is 0 Å². The van der Waals surface area contributed by atoms with Gasteiger partial charge in [-0.25, -0.2) is 17.6 Å². The summed E-state index contributed by atoms with van der Waals surface area (Å²) >= 11 is 0. The largest absolute Gasteiger partial charge is 0.207 e. The molecule has 3 rings (SSSR count). The van der Waals surface area contributed by atoms with Crippen LogP contribution in [0, 0.1) is 35.1 Å². The van der Waals surface area contributed by atoms with Gasteiger partial charge in [-0.05, 0) is 53.9 Å². The average Bonchev–Trinajstić information content (AvgIpc) is 2.63. The number of benzene rings is 3. The molecule has 0 unspecified atom stereocenters. The van der Waals surface area contributed by atoms with Gasteiger partial charge in [0.1, 0.15) is 11.6 Å². The van der Waals surface area contributed by atoms with E-state index in [4.69, 9.17) is 0 Å². The SMILES string of the molecule is CCCCc1c(F)cc(C#Cc2ccc3cc(F)ccc3c2)c(F)c1F. The molecular formula is C22H16F4. The van der Waals surface area contributed by atoms with Gasteiger partial charge in [-0.2, -0.15) is 0 Å². The lowest BCUT2D eigenvalue weighted by Crippen LogP contribution is -2.02. The standard InChI is InChI=1S/C22H16F4/c1-2-3-4-19-20(24)13-17(21(25)22(19)26)8-6-14-5-7-16-12-18(23)10-9-15(16)11-14/h5,7,9-13H,2-4H2,1H3. The van der Waals surface area contributed by atoms with Gasteiger partial charge in [0, 0.05) is 11.1 Å². The highest BCUT2D eigenvalue weighted by Crippen LogP contribution is 2.22. The van der Waals surface area contributed by atoms with E-state index in [0.717, 1.165) is 17.9 Å². The zero-order valence-electron chi connectivity index (χ0n) is 14.2. The number of hydrogen-bond donors (Lipinski definition) is 0. The summed E-state index contributed by atoms with van der Waals surface area (Å²) in [7, 11) is 0. The Kier molecular flexibility index (Phi) is 5.27. The van der Waals surface area contributed by atoms with Gasteiger partial charge >= 0.3 is 0 Å². The highest BCUT2D eigenvalue weighted by molar-refractivity contribution is 5.83. The molecule has 0 spiro atoms. The fraction of sp³-hybridized carbons (Fsp3) is 0.182. The Balaban J connectivity index is 1.96. The van der Waals surface area contributed by atoms with E-state index in [1.54, 1.807) is 24.3 Å². The van der Waals surface area contributed by atoms with Crippen molar-refractivity contribution in [1.82, 2.24) is 0 Å². The Bertz CT molecular complexity index is 1030. The third-order valence-corrected chi connectivity index (χ3v) is 4.18. The van der Waals surface area contributed by atoms with Crippen molar-refractivity contribution < 1.29 is 17.6 Å². The number of rotatable bonds is 3. The van der Waals surface area contributed by atoms with Crippen molar-refractivity contribution in [3.63, 3.8) is 0 Å². The van der Waals surface area contributed by atoms with Gasteiger partial charge in [-0.3, -0.25) is 0 Å². The van der Waals surface area contributed by atoms with Crippen LogP contribution in [0.25, 0.3) is 10.8 Å². The summed E-state index contributed by atoms with van der Waals surface area (Å²) in [6.07, 6.45) is 1.49. The van der Waals surface area contributed by atoms with Gasteiger partial charge in [0.25, 0.3) is 0 Å². The topological polar surface area (TPSA) is 0 Å². The van der Waals surface area contributed by atoms with E-state index in [2.05, 4.69) is 11.8 Å². The molecule has 0 fully saturated rings. The fourth-order valence-electron chi connectivity index (χ4n) is 2.74. The van der Waals surface area contributed by atoms with Crippen LogP contribution in [0.1, 0.15) is 36.5 Å². The first-order valence-corrected chi connectivity index (χ1v) is 8.37. The second kappa shape index (κ2) is 7.61. The molecule has 3 aromatic carbocycles. The van der Waals surface area contributed by atoms with E-state index in [1.165, 1.54) is 12.1 Å². The van der Waals surface area contributed by atoms with Crippen LogP contribution in [-0.2, 0) is 6.42 Å². The zero-order valence-corrected chi connectivity index (χ0v) is 14.2. The summed E-state index contributed by atoms with van der Waals surface area (Å²) in [5.74, 6) is 1.78. The van der Waals surface area contributed by atoms with E-state index in [0.29, 0.717) is 17.4 Å². The highest BCUT2D eigenvalue weighted by Gasteiger charge is 2.17. The predicted molar refractivity (Wildman–Crippen MR) is 94.8 cm³/mol. The van der Waals surface area contributed by atoms with Gasteiger partial charge in [0.05, 0.1) is 5.56 Å². The summed E-state index contributed by atoms with van der Waals surface area (Å²) in [5.41, 5.74) is -0.0125. The van der Waals surface area contributed by atoms with Crippen LogP contribution >= 0.6 is 0 Å². The molecule has 3 aromatic rings. The first kappa shape index (κ1) is 18.0. The molecule has 4 heteroatoms. The lowest BCUT2D eigenvalue weighted by molar-refractivity contribution is 0.475. The molecule has 0 saturated carbocycles. The summed E-state index contributed by atoms with van der Waals surface area (Å²) in [5, 5.41) is 1.48. The smallest absolute Gasteiger partial charge is 0.174 e. The molecule has 0 bridgehead atoms. The Morgan fingerprint density at radius 1 is 0.808 bits per heavy atom. The first-order chi connectivity index (χ1) is 12.5. The quantitative estimate of drug-likeness (QED) is 0.300. The molecule has 26 heavy (non-hydrogen) atoms. The maximum atomic E-state index is 14.2. The van der Waals surface area contributed by atoms with Crippen molar-refractivity contribution in [3.8, 4) is 11.8 Å². The monoisotopic (exact) mass is 356 g/mol. The highest BCUT2D eigenvalue weighted by atomic mass is 19.2. The number of unbranched alkanes of at least 4 members (excludes halogenated alkanes) is 1. The molecular weight excluding hydrogens is 340 g/mol. The normalized spacial score (nSPS) is 10.7. The minimum Gasteiger partial charge on any atom is -0.207 e. The molecule has 0 nitrogen and oxygen atoms in total. The molecule has 0 aliphatic rings. The van der Waals surface area contributed by atoms with Crippen LogP contribution < -0.4 is 0 Å². The Morgan fingerprint density at radius 2 is 1.54 bits per heavy atom. The molecule has 0 amide bonds. The summed E-state index contributed by atoms with van der Waals surface area (Å²) in [6.45, 7) is 1.89. The van der Waals surface area contributed by atoms with Crippen molar-refractivity contribution in [1.29, 1.82) is 0 Å². The van der Waals surface area contributed by atoms with E-state index in [1.807, 2.05) is 6.92 Å². The minimum atomic E-state index is -1.17. The lowest BCUT2D eigenvalue weighted by Gasteiger charge is -2.06. The van der Waals surface area contributed by atoms with Gasteiger partial charge in [0.15, 0.2) is 11.6 Å². The van der Waals surface area contributed by atoms with Gasteiger partial charge in [-0.15, -0.1) is 0 Å². The predicted octanol–water partition coefficient (Wildman–Crippen LogP) is 6.14.